The summed E-state index contributed by atoms with van der Waals surface area (Å²) in [5.74, 6) is 1.48. The molecule has 2 amide bonds. The standard InChI is InChI=1S/C38H53FN6O2/c1-8-43(25(4)5)38(47)35-17-30(39)11-14-33(35)34-16-28(21-45-26(6)40-18-37(34)45)29-19-42(20-29)36(24(2)3)10-9-15-44-31-12-13-32(44)23-41(22-31)27(7)46/h11,14,16-18,21,24-25,29,31-32,36H,8-10,12-13,15,19-20,22-23H2,1-7H3/t31?,32?,36-/m1/s1. The maximum Gasteiger partial charge on any atom is 0.254 e. The van der Waals surface area contributed by atoms with Crippen molar-refractivity contribution in [1.29, 1.82) is 0 Å². The number of likely N-dealkylation sites (tertiary alicyclic amines) is 2. The number of imidazole rings is 1. The molecule has 3 aromatic rings. The van der Waals surface area contributed by atoms with Gasteiger partial charge in [0.2, 0.25) is 5.91 Å². The van der Waals surface area contributed by atoms with Crippen molar-refractivity contribution >= 4 is 17.3 Å². The third kappa shape index (κ3) is 6.58. The fraction of sp³-hybridized carbons (Fsp3) is 0.605. The second-order valence-electron chi connectivity index (χ2n) is 14.8. The quantitative estimate of drug-likeness (QED) is 0.248. The minimum absolute atomic E-state index is 0.00845. The molecule has 3 saturated heterocycles. The SMILES string of the molecule is CCN(C(=O)c1cc(F)ccc1-c1cc(C2CN([C@H](CCCN3C4CCC3CN(C(C)=O)C4)C(C)C)C2)cn2c(C)ncc12)C(C)C. The molecule has 0 N–H and O–H groups in total. The number of fused-ring (bicyclic) bond motifs is 3. The van der Waals surface area contributed by atoms with Crippen LogP contribution in [0.25, 0.3) is 16.6 Å². The van der Waals surface area contributed by atoms with Gasteiger partial charge in [-0.05, 0) is 95.2 Å². The Morgan fingerprint density at radius 1 is 1.02 bits per heavy atom. The molecule has 1 aromatic carbocycles. The maximum absolute atomic E-state index is 14.6. The van der Waals surface area contributed by atoms with Crippen molar-refractivity contribution in [3.05, 3.63) is 59.4 Å². The molecule has 8 nitrogen and oxygen atoms in total. The Morgan fingerprint density at radius 2 is 1.72 bits per heavy atom. The topological polar surface area (TPSA) is 64.4 Å². The van der Waals surface area contributed by atoms with Gasteiger partial charge in [-0.2, -0.15) is 0 Å². The molecular weight excluding hydrogens is 591 g/mol. The van der Waals surface area contributed by atoms with E-state index >= 15 is 0 Å². The summed E-state index contributed by atoms with van der Waals surface area (Å²) < 4.78 is 16.8. The smallest absolute Gasteiger partial charge is 0.254 e. The number of pyridine rings is 1. The predicted octanol–water partition coefficient (Wildman–Crippen LogP) is 6.22. The molecule has 2 unspecified atom stereocenters. The van der Waals surface area contributed by atoms with E-state index in [2.05, 4.69) is 45.3 Å². The van der Waals surface area contributed by atoms with E-state index in [1.165, 1.54) is 43.4 Å². The van der Waals surface area contributed by atoms with E-state index in [-0.39, 0.29) is 17.9 Å². The molecule has 3 aliphatic rings. The number of benzene rings is 1. The van der Waals surface area contributed by atoms with Crippen LogP contribution in [0.3, 0.4) is 0 Å². The van der Waals surface area contributed by atoms with Crippen LogP contribution in [-0.2, 0) is 4.79 Å². The number of amides is 2. The minimum atomic E-state index is -0.408. The normalized spacial score (nSPS) is 21.2. The Morgan fingerprint density at radius 3 is 2.34 bits per heavy atom. The molecule has 6 rings (SSSR count). The summed E-state index contributed by atoms with van der Waals surface area (Å²) in [5.41, 5.74) is 4.21. The van der Waals surface area contributed by atoms with Gasteiger partial charge < -0.3 is 14.2 Å². The number of halogens is 1. The molecule has 2 bridgehead atoms. The van der Waals surface area contributed by atoms with E-state index in [9.17, 15) is 14.0 Å². The van der Waals surface area contributed by atoms with Crippen LogP contribution in [0.2, 0.25) is 0 Å². The monoisotopic (exact) mass is 644 g/mol. The Hall–Kier alpha value is -3.30. The lowest BCUT2D eigenvalue weighted by molar-refractivity contribution is -0.132. The van der Waals surface area contributed by atoms with Crippen molar-refractivity contribution in [2.75, 3.05) is 39.3 Å². The lowest BCUT2D eigenvalue weighted by atomic mass is 9.85. The van der Waals surface area contributed by atoms with Crippen LogP contribution in [0.1, 0.15) is 94.9 Å². The van der Waals surface area contributed by atoms with Gasteiger partial charge in [-0.1, -0.05) is 19.9 Å². The molecule has 5 heterocycles. The number of hydrogen-bond acceptors (Lipinski definition) is 5. The third-order valence-electron chi connectivity index (χ3n) is 11.2. The van der Waals surface area contributed by atoms with Crippen LogP contribution in [0.5, 0.6) is 0 Å². The summed E-state index contributed by atoms with van der Waals surface area (Å²) in [7, 11) is 0. The Bertz CT molecular complexity index is 1600. The summed E-state index contributed by atoms with van der Waals surface area (Å²) in [4.78, 5) is 39.5. The number of carbonyl (C=O) groups is 2. The second-order valence-corrected chi connectivity index (χ2v) is 14.8. The van der Waals surface area contributed by atoms with E-state index in [0.29, 0.717) is 42.1 Å². The van der Waals surface area contributed by atoms with Crippen LogP contribution in [-0.4, -0.2) is 104 Å². The zero-order valence-corrected chi connectivity index (χ0v) is 29.4. The van der Waals surface area contributed by atoms with Gasteiger partial charge in [0.1, 0.15) is 11.6 Å². The third-order valence-corrected chi connectivity index (χ3v) is 11.2. The summed E-state index contributed by atoms with van der Waals surface area (Å²) >= 11 is 0. The largest absolute Gasteiger partial charge is 0.340 e. The van der Waals surface area contributed by atoms with E-state index in [1.807, 2.05) is 38.8 Å². The predicted molar refractivity (Wildman–Crippen MR) is 185 cm³/mol. The van der Waals surface area contributed by atoms with Gasteiger partial charge >= 0.3 is 0 Å². The second kappa shape index (κ2) is 13.7. The molecule has 254 valence electrons. The first kappa shape index (κ1) is 33.6. The Labute approximate surface area is 279 Å². The Balaban J connectivity index is 1.18. The molecule has 2 aromatic heterocycles. The van der Waals surface area contributed by atoms with Crippen molar-refractivity contribution < 1.29 is 14.0 Å². The summed E-state index contributed by atoms with van der Waals surface area (Å²) in [6, 6.07) is 8.39. The van der Waals surface area contributed by atoms with E-state index in [1.54, 1.807) is 17.9 Å². The average molecular weight is 645 g/mol. The molecule has 0 spiro atoms. The summed E-state index contributed by atoms with van der Waals surface area (Å²) in [6.07, 6.45) is 8.84. The number of nitrogens with zero attached hydrogens (tertiary/aromatic N) is 6. The first-order valence-corrected chi connectivity index (χ1v) is 17.8. The van der Waals surface area contributed by atoms with Crippen molar-refractivity contribution in [1.82, 2.24) is 29.0 Å². The van der Waals surface area contributed by atoms with Crippen molar-refractivity contribution in [3.8, 4) is 11.1 Å². The van der Waals surface area contributed by atoms with E-state index in [4.69, 9.17) is 0 Å². The minimum Gasteiger partial charge on any atom is -0.340 e. The fourth-order valence-corrected chi connectivity index (χ4v) is 8.54. The molecule has 0 saturated carbocycles. The summed E-state index contributed by atoms with van der Waals surface area (Å²) in [5, 5.41) is 0. The lowest BCUT2D eigenvalue weighted by Gasteiger charge is -2.47. The highest BCUT2D eigenvalue weighted by atomic mass is 19.1. The van der Waals surface area contributed by atoms with Gasteiger partial charge in [0.25, 0.3) is 5.91 Å². The zero-order valence-electron chi connectivity index (χ0n) is 29.4. The van der Waals surface area contributed by atoms with Gasteiger partial charge in [-0.25, -0.2) is 9.37 Å². The molecule has 0 radical (unpaired) electrons. The number of piperazine rings is 1. The molecule has 3 fully saturated rings. The van der Waals surface area contributed by atoms with Gasteiger partial charge in [-0.15, -0.1) is 0 Å². The number of aromatic nitrogens is 2. The Kier molecular flexibility index (Phi) is 9.77. The van der Waals surface area contributed by atoms with E-state index in [0.717, 1.165) is 55.2 Å². The molecule has 47 heavy (non-hydrogen) atoms. The number of aryl methyl sites for hydroxylation is 1. The van der Waals surface area contributed by atoms with Crippen LogP contribution in [0.4, 0.5) is 4.39 Å². The number of rotatable bonds is 11. The van der Waals surface area contributed by atoms with Crippen LogP contribution >= 0.6 is 0 Å². The number of carbonyl (C=O) groups excluding carboxylic acids is 2. The van der Waals surface area contributed by atoms with Crippen LogP contribution in [0, 0.1) is 18.7 Å². The molecular formula is C38H53FN6O2. The van der Waals surface area contributed by atoms with Gasteiger partial charge in [0.05, 0.1) is 17.3 Å². The first-order valence-electron chi connectivity index (χ1n) is 17.8. The van der Waals surface area contributed by atoms with Crippen LogP contribution < -0.4 is 0 Å². The highest BCUT2D eigenvalue weighted by molar-refractivity contribution is 6.03. The van der Waals surface area contributed by atoms with Crippen molar-refractivity contribution in [3.63, 3.8) is 0 Å². The summed E-state index contributed by atoms with van der Waals surface area (Å²) in [6.45, 7) is 19.8. The molecule has 3 aliphatic heterocycles. The highest BCUT2D eigenvalue weighted by Gasteiger charge is 2.41. The zero-order chi connectivity index (χ0) is 33.6. The van der Waals surface area contributed by atoms with Crippen molar-refractivity contribution in [2.45, 2.75) is 104 Å². The van der Waals surface area contributed by atoms with E-state index < -0.39 is 5.82 Å². The van der Waals surface area contributed by atoms with Gasteiger partial charge in [0.15, 0.2) is 0 Å². The van der Waals surface area contributed by atoms with Crippen molar-refractivity contribution in [2.24, 2.45) is 5.92 Å². The highest BCUT2D eigenvalue weighted by Crippen LogP contribution is 2.38. The molecule has 9 heteroatoms. The lowest BCUT2D eigenvalue weighted by Crippen LogP contribution is -2.55. The molecule has 3 atom stereocenters. The molecule has 0 aliphatic carbocycles. The van der Waals surface area contributed by atoms with Gasteiger partial charge in [0, 0.05) is 81.5 Å². The average Bonchev–Trinajstić information content (AvgIpc) is 3.48. The fourth-order valence-electron chi connectivity index (χ4n) is 8.54. The van der Waals surface area contributed by atoms with Gasteiger partial charge in [-0.3, -0.25) is 19.4 Å². The maximum atomic E-state index is 14.6. The van der Waals surface area contributed by atoms with Crippen LogP contribution in [0.15, 0.2) is 36.7 Å². The number of hydrogen-bond donors (Lipinski definition) is 0. The first-order chi connectivity index (χ1) is 22.5.